The predicted octanol–water partition coefficient (Wildman–Crippen LogP) is 2.19. The Hall–Kier alpha value is -1.30. The topological polar surface area (TPSA) is 57.1 Å². The van der Waals surface area contributed by atoms with Crippen LogP contribution in [0.2, 0.25) is 0 Å². The van der Waals surface area contributed by atoms with E-state index in [2.05, 4.69) is 27.3 Å². The zero-order chi connectivity index (χ0) is 13.2. The Morgan fingerprint density at radius 1 is 1.45 bits per heavy atom. The van der Waals surface area contributed by atoms with Crippen molar-refractivity contribution in [3.63, 3.8) is 0 Å². The van der Waals surface area contributed by atoms with Gasteiger partial charge in [-0.05, 0) is 26.0 Å². The molecule has 1 saturated heterocycles. The largest absolute Gasteiger partial charge is 0.460 e. The highest BCUT2D eigenvalue weighted by atomic mass is 35.5. The van der Waals surface area contributed by atoms with Crippen LogP contribution in [0.5, 0.6) is 0 Å². The molecule has 0 amide bonds. The molecule has 6 heteroatoms. The van der Waals surface area contributed by atoms with Crippen LogP contribution in [0.25, 0.3) is 11.5 Å². The van der Waals surface area contributed by atoms with Gasteiger partial charge in [-0.1, -0.05) is 0 Å². The van der Waals surface area contributed by atoms with Gasteiger partial charge < -0.3 is 9.73 Å². The standard InChI is InChI=1S/C14H20N4O.ClH/c1-10-8-18(6-5-15-10)9-12-7-16-17-14(12)13-4-3-11(2)19-13;/h3-4,7,10,15H,5-6,8-9H2,1-2H3,(H,16,17);1H/t10-;/m0./s1. The monoisotopic (exact) mass is 296 g/mol. The van der Waals surface area contributed by atoms with Crippen molar-refractivity contribution < 1.29 is 4.42 Å². The lowest BCUT2D eigenvalue weighted by Gasteiger charge is -2.31. The molecule has 2 N–H and O–H groups in total. The van der Waals surface area contributed by atoms with Gasteiger partial charge in [0.15, 0.2) is 5.76 Å². The number of furan rings is 1. The summed E-state index contributed by atoms with van der Waals surface area (Å²) in [5.74, 6) is 1.79. The summed E-state index contributed by atoms with van der Waals surface area (Å²) in [6.45, 7) is 8.29. The van der Waals surface area contributed by atoms with Gasteiger partial charge in [0.05, 0.1) is 6.20 Å². The van der Waals surface area contributed by atoms with Crippen LogP contribution in [0.15, 0.2) is 22.7 Å². The second-order valence-corrected chi connectivity index (χ2v) is 5.27. The molecule has 3 rings (SSSR count). The van der Waals surface area contributed by atoms with Gasteiger partial charge in [-0.3, -0.25) is 10.00 Å². The number of H-pyrrole nitrogens is 1. The maximum atomic E-state index is 5.68. The third-order valence-corrected chi connectivity index (χ3v) is 3.55. The van der Waals surface area contributed by atoms with Gasteiger partial charge in [-0.25, -0.2) is 0 Å². The number of hydrogen-bond donors (Lipinski definition) is 2. The molecule has 0 aromatic carbocycles. The van der Waals surface area contributed by atoms with Crippen LogP contribution in [-0.2, 0) is 6.54 Å². The molecule has 0 bridgehead atoms. The zero-order valence-corrected chi connectivity index (χ0v) is 12.7. The van der Waals surface area contributed by atoms with Crippen molar-refractivity contribution in [3.05, 3.63) is 29.7 Å². The molecule has 20 heavy (non-hydrogen) atoms. The molecular formula is C14H21ClN4O. The molecule has 0 unspecified atom stereocenters. The predicted molar refractivity (Wildman–Crippen MR) is 81.0 cm³/mol. The van der Waals surface area contributed by atoms with Crippen LogP contribution in [0.1, 0.15) is 18.2 Å². The van der Waals surface area contributed by atoms with Crippen LogP contribution in [0, 0.1) is 6.92 Å². The van der Waals surface area contributed by atoms with E-state index in [9.17, 15) is 0 Å². The molecule has 0 aliphatic carbocycles. The first-order chi connectivity index (χ1) is 9.22. The average Bonchev–Trinajstić information content (AvgIpc) is 2.98. The summed E-state index contributed by atoms with van der Waals surface area (Å²) in [5.41, 5.74) is 2.20. The second-order valence-electron chi connectivity index (χ2n) is 5.27. The number of aromatic nitrogens is 2. The molecule has 0 saturated carbocycles. The lowest BCUT2D eigenvalue weighted by molar-refractivity contribution is 0.200. The van der Waals surface area contributed by atoms with E-state index >= 15 is 0 Å². The summed E-state index contributed by atoms with van der Waals surface area (Å²) in [5, 5.41) is 10.7. The van der Waals surface area contributed by atoms with Crippen LogP contribution in [0.4, 0.5) is 0 Å². The number of rotatable bonds is 3. The first kappa shape index (κ1) is 15.1. The molecule has 1 fully saturated rings. The Balaban J connectivity index is 0.00000147. The van der Waals surface area contributed by atoms with Crippen LogP contribution >= 0.6 is 12.4 Å². The van der Waals surface area contributed by atoms with Crippen molar-refractivity contribution in [1.82, 2.24) is 20.4 Å². The minimum Gasteiger partial charge on any atom is -0.460 e. The average molecular weight is 297 g/mol. The van der Waals surface area contributed by atoms with Crippen LogP contribution in [0.3, 0.4) is 0 Å². The quantitative estimate of drug-likeness (QED) is 0.912. The van der Waals surface area contributed by atoms with Gasteiger partial charge in [0, 0.05) is 37.8 Å². The van der Waals surface area contributed by atoms with Crippen molar-refractivity contribution in [2.45, 2.75) is 26.4 Å². The van der Waals surface area contributed by atoms with E-state index < -0.39 is 0 Å². The van der Waals surface area contributed by atoms with E-state index in [0.29, 0.717) is 6.04 Å². The first-order valence-corrected chi connectivity index (χ1v) is 6.77. The van der Waals surface area contributed by atoms with Crippen molar-refractivity contribution in [2.75, 3.05) is 19.6 Å². The summed E-state index contributed by atoms with van der Waals surface area (Å²) >= 11 is 0. The van der Waals surface area contributed by atoms with Crippen molar-refractivity contribution in [1.29, 1.82) is 0 Å². The number of nitrogens with zero attached hydrogens (tertiary/aromatic N) is 2. The third-order valence-electron chi connectivity index (χ3n) is 3.55. The number of aryl methyl sites for hydroxylation is 1. The van der Waals surface area contributed by atoms with Gasteiger partial charge in [0.2, 0.25) is 0 Å². The maximum Gasteiger partial charge on any atom is 0.152 e. The molecule has 110 valence electrons. The Bertz CT molecular complexity index is 551. The Morgan fingerprint density at radius 3 is 3.00 bits per heavy atom. The van der Waals surface area contributed by atoms with Gasteiger partial charge in [0.1, 0.15) is 11.5 Å². The first-order valence-electron chi connectivity index (χ1n) is 6.77. The molecule has 1 aliphatic rings. The number of hydrogen-bond acceptors (Lipinski definition) is 4. The van der Waals surface area contributed by atoms with Crippen molar-refractivity contribution in [2.24, 2.45) is 0 Å². The third kappa shape index (κ3) is 3.23. The zero-order valence-electron chi connectivity index (χ0n) is 11.8. The molecule has 0 radical (unpaired) electrons. The molecule has 2 aromatic heterocycles. The lowest BCUT2D eigenvalue weighted by Crippen LogP contribution is -2.48. The minimum atomic E-state index is 0. The molecule has 3 heterocycles. The molecule has 2 aromatic rings. The SMILES string of the molecule is Cc1ccc(-c2[nH]ncc2CN2CCN[C@@H](C)C2)o1.Cl. The van der Waals surface area contributed by atoms with Gasteiger partial charge >= 0.3 is 0 Å². The van der Waals surface area contributed by atoms with Gasteiger partial charge in [-0.15, -0.1) is 12.4 Å². The van der Waals surface area contributed by atoms with E-state index in [1.807, 2.05) is 25.3 Å². The summed E-state index contributed by atoms with van der Waals surface area (Å²) in [4.78, 5) is 2.45. The molecule has 0 spiro atoms. The number of piperazine rings is 1. The fourth-order valence-corrected chi connectivity index (χ4v) is 2.61. The van der Waals surface area contributed by atoms with Gasteiger partial charge in [0.25, 0.3) is 0 Å². The number of aromatic amines is 1. The molecule has 1 aliphatic heterocycles. The van der Waals surface area contributed by atoms with Gasteiger partial charge in [-0.2, -0.15) is 5.10 Å². The highest BCUT2D eigenvalue weighted by molar-refractivity contribution is 5.85. The molecule has 1 atom stereocenters. The minimum absolute atomic E-state index is 0. The molecular weight excluding hydrogens is 276 g/mol. The number of nitrogens with one attached hydrogen (secondary N) is 2. The van der Waals surface area contributed by atoms with E-state index in [-0.39, 0.29) is 12.4 Å². The lowest BCUT2D eigenvalue weighted by atomic mass is 10.1. The van der Waals surface area contributed by atoms with Crippen molar-refractivity contribution in [3.8, 4) is 11.5 Å². The van der Waals surface area contributed by atoms with Crippen LogP contribution < -0.4 is 5.32 Å². The Labute approximate surface area is 125 Å². The smallest absolute Gasteiger partial charge is 0.152 e. The number of halogens is 1. The summed E-state index contributed by atoms with van der Waals surface area (Å²) in [7, 11) is 0. The van der Waals surface area contributed by atoms with E-state index in [1.54, 1.807) is 0 Å². The Morgan fingerprint density at radius 2 is 2.30 bits per heavy atom. The molecule has 5 nitrogen and oxygen atoms in total. The van der Waals surface area contributed by atoms with E-state index in [0.717, 1.165) is 43.4 Å². The van der Waals surface area contributed by atoms with E-state index in [4.69, 9.17) is 4.42 Å². The van der Waals surface area contributed by atoms with E-state index in [1.165, 1.54) is 5.56 Å². The summed E-state index contributed by atoms with van der Waals surface area (Å²) in [6.07, 6.45) is 1.90. The highest BCUT2D eigenvalue weighted by Gasteiger charge is 2.18. The van der Waals surface area contributed by atoms with Crippen molar-refractivity contribution >= 4 is 12.4 Å². The second kappa shape index (κ2) is 6.43. The fraction of sp³-hybridized carbons (Fsp3) is 0.500. The highest BCUT2D eigenvalue weighted by Crippen LogP contribution is 2.24. The maximum absolute atomic E-state index is 5.68. The summed E-state index contributed by atoms with van der Waals surface area (Å²) < 4.78 is 5.68. The Kier molecular flexibility index (Phi) is 4.86. The summed E-state index contributed by atoms with van der Waals surface area (Å²) in [6, 6.07) is 4.52. The normalized spacial score (nSPS) is 19.8. The fourth-order valence-electron chi connectivity index (χ4n) is 2.61. The van der Waals surface area contributed by atoms with Crippen LogP contribution in [-0.4, -0.2) is 40.8 Å².